The Morgan fingerprint density at radius 1 is 1.42 bits per heavy atom. The molecule has 0 aliphatic rings. The molecule has 62 valence electrons. The molecule has 0 radical (unpaired) electrons. The van der Waals surface area contributed by atoms with E-state index >= 15 is 0 Å². The van der Waals surface area contributed by atoms with Crippen molar-refractivity contribution in [1.29, 1.82) is 0 Å². The number of hydrogen-bond donors (Lipinski definition) is 1. The van der Waals surface area contributed by atoms with Crippen molar-refractivity contribution in [2.75, 3.05) is 0 Å². The van der Waals surface area contributed by atoms with E-state index in [1.54, 1.807) is 12.5 Å². The molecule has 12 heavy (non-hydrogen) atoms. The first-order valence-electron chi connectivity index (χ1n) is 3.93. The topological polar surface area (TPSA) is 54.5 Å². The molecule has 0 aliphatic carbocycles. The summed E-state index contributed by atoms with van der Waals surface area (Å²) < 4.78 is 0. The van der Waals surface area contributed by atoms with Crippen LogP contribution in [-0.4, -0.2) is 20.2 Å². The van der Waals surface area contributed by atoms with Gasteiger partial charge in [-0.1, -0.05) is 13.8 Å². The molecule has 4 nitrogen and oxygen atoms in total. The molecule has 1 N–H and O–H groups in total. The van der Waals surface area contributed by atoms with Gasteiger partial charge in [-0.2, -0.15) is 5.10 Å². The van der Waals surface area contributed by atoms with Crippen LogP contribution < -0.4 is 0 Å². The third-order valence-corrected chi connectivity index (χ3v) is 1.87. The van der Waals surface area contributed by atoms with Crippen molar-refractivity contribution in [2.24, 2.45) is 0 Å². The Bertz CT molecular complexity index is 391. The summed E-state index contributed by atoms with van der Waals surface area (Å²) in [6.07, 6.45) is 3.42. The summed E-state index contributed by atoms with van der Waals surface area (Å²) in [6, 6.07) is 0. The van der Waals surface area contributed by atoms with Crippen LogP contribution in [0.2, 0.25) is 0 Å². The van der Waals surface area contributed by atoms with Gasteiger partial charge in [-0.05, 0) is 5.92 Å². The van der Waals surface area contributed by atoms with Crippen molar-refractivity contribution >= 4 is 11.2 Å². The van der Waals surface area contributed by atoms with Gasteiger partial charge in [0.2, 0.25) is 0 Å². The summed E-state index contributed by atoms with van der Waals surface area (Å²) in [5.41, 5.74) is 2.84. The first-order chi connectivity index (χ1) is 5.79. The summed E-state index contributed by atoms with van der Waals surface area (Å²) in [7, 11) is 0. The van der Waals surface area contributed by atoms with Crippen molar-refractivity contribution in [3.63, 3.8) is 0 Å². The van der Waals surface area contributed by atoms with Gasteiger partial charge in [-0.15, -0.1) is 5.10 Å². The lowest BCUT2D eigenvalue weighted by molar-refractivity contribution is 0.854. The van der Waals surface area contributed by atoms with Crippen molar-refractivity contribution in [3.8, 4) is 0 Å². The molecule has 0 unspecified atom stereocenters. The third kappa shape index (κ3) is 0.958. The highest BCUT2D eigenvalue weighted by Crippen LogP contribution is 2.19. The maximum atomic E-state index is 4.18. The average molecular weight is 162 g/mol. The highest BCUT2D eigenvalue weighted by Gasteiger charge is 2.07. The van der Waals surface area contributed by atoms with Gasteiger partial charge in [-0.25, -0.2) is 4.98 Å². The normalized spacial score (nSPS) is 11.2. The Morgan fingerprint density at radius 2 is 2.25 bits per heavy atom. The average Bonchev–Trinajstić information content (AvgIpc) is 2.49. The van der Waals surface area contributed by atoms with Crippen LogP contribution in [0, 0.1) is 0 Å². The van der Waals surface area contributed by atoms with Crippen LogP contribution in [0.1, 0.15) is 25.3 Å². The molecule has 0 atom stereocenters. The molecule has 0 fully saturated rings. The lowest BCUT2D eigenvalue weighted by Crippen LogP contribution is -1.93. The van der Waals surface area contributed by atoms with Crippen LogP contribution in [0.3, 0.4) is 0 Å². The largest absolute Gasteiger partial charge is 0.328 e. The summed E-state index contributed by atoms with van der Waals surface area (Å²) in [5.74, 6) is 0.436. The van der Waals surface area contributed by atoms with E-state index in [-0.39, 0.29) is 0 Å². The van der Waals surface area contributed by atoms with E-state index in [2.05, 4.69) is 34.0 Å². The molecule has 2 rings (SSSR count). The maximum absolute atomic E-state index is 4.18. The first-order valence-corrected chi connectivity index (χ1v) is 3.93. The molecule has 4 heteroatoms. The zero-order valence-corrected chi connectivity index (χ0v) is 7.07. The predicted octanol–water partition coefficient (Wildman–Crippen LogP) is 1.48. The molecule has 2 aromatic heterocycles. The zero-order valence-electron chi connectivity index (χ0n) is 7.07. The molecule has 2 heterocycles. The minimum Gasteiger partial charge on any atom is -0.328 e. The Labute approximate surface area is 70.0 Å². The summed E-state index contributed by atoms with van der Waals surface area (Å²) in [5, 5.41) is 7.80. The number of rotatable bonds is 1. The van der Waals surface area contributed by atoms with Gasteiger partial charge >= 0.3 is 0 Å². The van der Waals surface area contributed by atoms with Gasteiger partial charge in [0.15, 0.2) is 5.65 Å². The van der Waals surface area contributed by atoms with E-state index in [1.165, 1.54) is 0 Å². The number of aromatic amines is 1. The number of imidazole rings is 1. The molecule has 0 aromatic carbocycles. The first kappa shape index (κ1) is 7.21. The highest BCUT2D eigenvalue weighted by molar-refractivity contribution is 5.73. The Kier molecular flexibility index (Phi) is 1.53. The van der Waals surface area contributed by atoms with E-state index in [9.17, 15) is 0 Å². The molecule has 0 aliphatic heterocycles. The minimum absolute atomic E-state index is 0.436. The lowest BCUT2D eigenvalue weighted by atomic mass is 10.1. The smallest absolute Gasteiger partial charge is 0.180 e. The van der Waals surface area contributed by atoms with Crippen LogP contribution in [-0.2, 0) is 0 Å². The monoisotopic (exact) mass is 162 g/mol. The highest BCUT2D eigenvalue weighted by atomic mass is 15.1. The van der Waals surface area contributed by atoms with E-state index in [4.69, 9.17) is 0 Å². The van der Waals surface area contributed by atoms with E-state index in [0.29, 0.717) is 5.92 Å². The van der Waals surface area contributed by atoms with Crippen LogP contribution >= 0.6 is 0 Å². The fourth-order valence-corrected chi connectivity index (χ4v) is 1.21. The van der Waals surface area contributed by atoms with Gasteiger partial charge in [0, 0.05) is 5.56 Å². The number of hydrogen-bond acceptors (Lipinski definition) is 3. The second-order valence-corrected chi connectivity index (χ2v) is 3.05. The molecule has 0 bridgehead atoms. The Balaban J connectivity index is 2.73. The lowest BCUT2D eigenvalue weighted by Gasteiger charge is -2.02. The van der Waals surface area contributed by atoms with Crippen molar-refractivity contribution in [3.05, 3.63) is 18.1 Å². The molecular weight excluding hydrogens is 152 g/mol. The molecule has 2 aromatic rings. The van der Waals surface area contributed by atoms with Gasteiger partial charge < -0.3 is 4.98 Å². The number of H-pyrrole nitrogens is 1. The number of aromatic nitrogens is 4. The number of fused-ring (bicyclic) bond motifs is 1. The van der Waals surface area contributed by atoms with E-state index < -0.39 is 0 Å². The molecule has 0 saturated carbocycles. The Morgan fingerprint density at radius 3 is 3.00 bits per heavy atom. The fourth-order valence-electron chi connectivity index (χ4n) is 1.21. The summed E-state index contributed by atoms with van der Waals surface area (Å²) >= 11 is 0. The summed E-state index contributed by atoms with van der Waals surface area (Å²) in [4.78, 5) is 7.11. The second kappa shape index (κ2) is 2.55. The summed E-state index contributed by atoms with van der Waals surface area (Å²) in [6.45, 7) is 4.23. The van der Waals surface area contributed by atoms with Crippen molar-refractivity contribution in [1.82, 2.24) is 20.2 Å². The fraction of sp³-hybridized carbons (Fsp3) is 0.375. The third-order valence-electron chi connectivity index (χ3n) is 1.87. The van der Waals surface area contributed by atoms with E-state index in [0.717, 1.165) is 16.7 Å². The number of nitrogens with one attached hydrogen (secondary N) is 1. The van der Waals surface area contributed by atoms with Gasteiger partial charge in [-0.3, -0.25) is 0 Å². The second-order valence-electron chi connectivity index (χ2n) is 3.05. The Hall–Kier alpha value is -1.45. The maximum Gasteiger partial charge on any atom is 0.180 e. The molecule has 0 amide bonds. The number of nitrogens with zero attached hydrogens (tertiary/aromatic N) is 3. The van der Waals surface area contributed by atoms with Crippen LogP contribution in [0.4, 0.5) is 0 Å². The SMILES string of the molecule is CC(C)c1cnnc2[nH]cnc12. The molecular formula is C8H10N4. The van der Waals surface area contributed by atoms with Crippen LogP contribution in [0.25, 0.3) is 11.2 Å². The van der Waals surface area contributed by atoms with Gasteiger partial charge in [0.05, 0.1) is 12.5 Å². The molecule has 0 spiro atoms. The van der Waals surface area contributed by atoms with Crippen LogP contribution in [0.5, 0.6) is 0 Å². The van der Waals surface area contributed by atoms with E-state index in [1.807, 2.05) is 0 Å². The van der Waals surface area contributed by atoms with Gasteiger partial charge in [0.1, 0.15) is 5.52 Å². The standard InChI is InChI=1S/C8H10N4/c1-5(2)6-3-11-12-8-7(6)9-4-10-8/h3-5H,1-2H3,(H,9,10,12). The van der Waals surface area contributed by atoms with Gasteiger partial charge in [0.25, 0.3) is 0 Å². The van der Waals surface area contributed by atoms with Crippen molar-refractivity contribution < 1.29 is 0 Å². The predicted molar refractivity (Wildman–Crippen MR) is 45.8 cm³/mol. The van der Waals surface area contributed by atoms with Crippen LogP contribution in [0.15, 0.2) is 12.5 Å². The quantitative estimate of drug-likeness (QED) is 0.690. The van der Waals surface area contributed by atoms with Crippen molar-refractivity contribution in [2.45, 2.75) is 19.8 Å². The zero-order chi connectivity index (χ0) is 8.55. The molecule has 0 saturated heterocycles. The minimum atomic E-state index is 0.436.